The highest BCUT2D eigenvalue weighted by atomic mass is 35.5. The van der Waals surface area contributed by atoms with E-state index in [4.69, 9.17) is 11.6 Å². The van der Waals surface area contributed by atoms with Crippen molar-refractivity contribution in [2.45, 2.75) is 13.0 Å². The number of rotatable bonds is 5. The molecule has 0 aromatic heterocycles. The third-order valence-electron chi connectivity index (χ3n) is 3.56. The van der Waals surface area contributed by atoms with E-state index in [0.29, 0.717) is 6.54 Å². The largest absolute Gasteiger partial charge is 0.370 e. The van der Waals surface area contributed by atoms with Crippen molar-refractivity contribution in [2.24, 2.45) is 0 Å². The monoisotopic (exact) mass is 320 g/mol. The molecule has 1 amide bonds. The number of carbonyl (C=O) groups is 1. The molecule has 0 aliphatic carbocycles. The van der Waals surface area contributed by atoms with Crippen LogP contribution in [0.15, 0.2) is 48.5 Å². The number of halogens is 2. The first-order chi connectivity index (χ1) is 10.5. The van der Waals surface area contributed by atoms with Crippen molar-refractivity contribution < 1.29 is 9.18 Å². The van der Waals surface area contributed by atoms with Crippen molar-refractivity contribution >= 4 is 23.2 Å². The van der Waals surface area contributed by atoms with Crippen molar-refractivity contribution in [1.82, 2.24) is 5.32 Å². The first-order valence-electron chi connectivity index (χ1n) is 7.00. The Labute approximate surface area is 134 Å². The molecule has 0 fully saturated rings. The Morgan fingerprint density at radius 2 is 1.95 bits per heavy atom. The second kappa shape index (κ2) is 7.27. The minimum Gasteiger partial charge on any atom is -0.370 e. The number of nitrogens with zero attached hydrogens (tertiary/aromatic N) is 1. The lowest BCUT2D eigenvalue weighted by Crippen LogP contribution is -2.40. The van der Waals surface area contributed by atoms with Gasteiger partial charge in [0.2, 0.25) is 0 Å². The number of anilines is 1. The van der Waals surface area contributed by atoms with Gasteiger partial charge < -0.3 is 10.2 Å². The van der Waals surface area contributed by atoms with Gasteiger partial charge in [-0.25, -0.2) is 4.39 Å². The van der Waals surface area contributed by atoms with Gasteiger partial charge in [0.15, 0.2) is 0 Å². The lowest BCUT2D eigenvalue weighted by atomic mass is 10.2. The zero-order valence-corrected chi connectivity index (χ0v) is 13.3. The summed E-state index contributed by atoms with van der Waals surface area (Å²) in [6.45, 7) is 2.47. The van der Waals surface area contributed by atoms with E-state index < -0.39 is 5.82 Å². The minimum absolute atomic E-state index is 0.102. The molecule has 116 valence electrons. The predicted octanol–water partition coefficient (Wildman–Crippen LogP) is 3.73. The summed E-state index contributed by atoms with van der Waals surface area (Å²) in [5.41, 5.74) is 1.35. The van der Waals surface area contributed by atoms with Crippen LogP contribution < -0.4 is 10.2 Å². The van der Waals surface area contributed by atoms with Crippen molar-refractivity contribution in [3.63, 3.8) is 0 Å². The predicted molar refractivity (Wildman–Crippen MR) is 88.1 cm³/mol. The average molecular weight is 321 g/mol. The zero-order chi connectivity index (χ0) is 16.1. The van der Waals surface area contributed by atoms with Gasteiger partial charge >= 0.3 is 0 Å². The summed E-state index contributed by atoms with van der Waals surface area (Å²) in [7, 11) is 1.97. The van der Waals surface area contributed by atoms with Crippen LogP contribution in [-0.2, 0) is 0 Å². The number of benzene rings is 2. The number of nitrogens with one attached hydrogen (secondary N) is 1. The van der Waals surface area contributed by atoms with Gasteiger partial charge in [0.1, 0.15) is 5.82 Å². The molecule has 2 aromatic rings. The molecule has 2 rings (SSSR count). The SMILES string of the molecule is CC(CNC(=O)c1ccc(F)cc1Cl)N(C)c1ccccc1. The van der Waals surface area contributed by atoms with Gasteiger partial charge in [-0.2, -0.15) is 0 Å². The van der Waals surface area contributed by atoms with Crippen molar-refractivity contribution in [2.75, 3.05) is 18.5 Å². The lowest BCUT2D eigenvalue weighted by molar-refractivity contribution is 0.0952. The summed E-state index contributed by atoms with van der Waals surface area (Å²) in [5, 5.41) is 2.93. The van der Waals surface area contributed by atoms with Crippen molar-refractivity contribution in [1.29, 1.82) is 0 Å². The summed E-state index contributed by atoms with van der Waals surface area (Å²) in [6, 6.07) is 13.8. The molecular weight excluding hydrogens is 303 g/mol. The van der Waals surface area contributed by atoms with Crippen molar-refractivity contribution in [3.8, 4) is 0 Å². The highest BCUT2D eigenvalue weighted by molar-refractivity contribution is 6.33. The quantitative estimate of drug-likeness (QED) is 0.910. The molecule has 0 saturated heterocycles. The fourth-order valence-corrected chi connectivity index (χ4v) is 2.32. The Morgan fingerprint density at radius 1 is 1.27 bits per heavy atom. The number of hydrogen-bond donors (Lipinski definition) is 1. The van der Waals surface area contributed by atoms with Crippen LogP contribution in [0.25, 0.3) is 0 Å². The van der Waals surface area contributed by atoms with Crippen molar-refractivity contribution in [3.05, 3.63) is 64.9 Å². The maximum absolute atomic E-state index is 13.0. The molecule has 5 heteroatoms. The van der Waals surface area contributed by atoms with Gasteiger partial charge in [0.05, 0.1) is 10.6 Å². The molecular formula is C17H18ClFN2O. The molecule has 0 radical (unpaired) electrons. The molecule has 0 heterocycles. The molecule has 0 aliphatic heterocycles. The van der Waals surface area contributed by atoms with Crippen LogP contribution in [0.1, 0.15) is 17.3 Å². The fourth-order valence-electron chi connectivity index (χ4n) is 2.06. The average Bonchev–Trinajstić information content (AvgIpc) is 2.52. The summed E-state index contributed by atoms with van der Waals surface area (Å²) < 4.78 is 13.0. The van der Waals surface area contributed by atoms with E-state index in [1.54, 1.807) is 0 Å². The Kier molecular flexibility index (Phi) is 5.39. The smallest absolute Gasteiger partial charge is 0.252 e. The molecule has 22 heavy (non-hydrogen) atoms. The topological polar surface area (TPSA) is 32.3 Å². The standard InChI is InChI=1S/C17H18ClFN2O/c1-12(21(2)14-6-4-3-5-7-14)11-20-17(22)15-9-8-13(19)10-16(15)18/h3-10,12H,11H2,1-2H3,(H,20,22). The highest BCUT2D eigenvalue weighted by Gasteiger charge is 2.14. The van der Waals surface area contributed by atoms with Gasteiger partial charge in [0, 0.05) is 25.3 Å². The third kappa shape index (κ3) is 3.98. The number of hydrogen-bond acceptors (Lipinski definition) is 2. The molecule has 0 saturated carbocycles. The minimum atomic E-state index is -0.460. The molecule has 0 bridgehead atoms. The Balaban J connectivity index is 1.96. The van der Waals surface area contributed by atoms with E-state index in [9.17, 15) is 9.18 Å². The number of likely N-dealkylation sites (N-methyl/N-ethyl adjacent to an activating group) is 1. The van der Waals surface area contributed by atoms with Crippen LogP contribution >= 0.6 is 11.6 Å². The summed E-state index contributed by atoms with van der Waals surface area (Å²) in [6.07, 6.45) is 0. The van der Waals surface area contributed by atoms with E-state index in [2.05, 4.69) is 10.2 Å². The van der Waals surface area contributed by atoms with Gasteiger partial charge in [-0.3, -0.25) is 4.79 Å². The van der Waals surface area contributed by atoms with Gasteiger partial charge in [-0.1, -0.05) is 29.8 Å². The van der Waals surface area contributed by atoms with Gasteiger partial charge in [0.25, 0.3) is 5.91 Å². The summed E-state index contributed by atoms with van der Waals surface area (Å²) in [5.74, 6) is -0.767. The highest BCUT2D eigenvalue weighted by Crippen LogP contribution is 2.17. The Morgan fingerprint density at radius 3 is 2.59 bits per heavy atom. The summed E-state index contributed by atoms with van der Waals surface area (Å²) >= 11 is 5.89. The number of carbonyl (C=O) groups excluding carboxylic acids is 1. The van der Waals surface area contributed by atoms with E-state index in [1.165, 1.54) is 12.1 Å². The zero-order valence-electron chi connectivity index (χ0n) is 12.5. The van der Waals surface area contributed by atoms with E-state index in [-0.39, 0.29) is 22.5 Å². The van der Waals surface area contributed by atoms with E-state index in [1.807, 2.05) is 44.3 Å². The van der Waals surface area contributed by atoms with Crippen LogP contribution in [-0.4, -0.2) is 25.5 Å². The molecule has 2 aromatic carbocycles. The first-order valence-corrected chi connectivity index (χ1v) is 7.38. The Hall–Kier alpha value is -2.07. The van der Waals surface area contributed by atoms with E-state index >= 15 is 0 Å². The maximum Gasteiger partial charge on any atom is 0.252 e. The summed E-state index contributed by atoms with van der Waals surface area (Å²) in [4.78, 5) is 14.2. The molecule has 1 unspecified atom stereocenters. The molecule has 3 nitrogen and oxygen atoms in total. The van der Waals surface area contributed by atoms with Crippen LogP contribution in [0.5, 0.6) is 0 Å². The molecule has 1 atom stereocenters. The molecule has 1 N–H and O–H groups in total. The number of amides is 1. The van der Waals surface area contributed by atoms with Crippen LogP contribution in [0.2, 0.25) is 5.02 Å². The van der Waals surface area contributed by atoms with Gasteiger partial charge in [-0.15, -0.1) is 0 Å². The third-order valence-corrected chi connectivity index (χ3v) is 3.87. The first kappa shape index (κ1) is 16.3. The normalized spacial score (nSPS) is 11.8. The van der Waals surface area contributed by atoms with E-state index in [0.717, 1.165) is 11.8 Å². The molecule has 0 aliphatic rings. The van der Waals surface area contributed by atoms with Crippen LogP contribution in [0, 0.1) is 5.82 Å². The molecule has 0 spiro atoms. The Bertz CT molecular complexity index is 648. The second-order valence-electron chi connectivity index (χ2n) is 5.13. The van der Waals surface area contributed by atoms with Crippen LogP contribution in [0.3, 0.4) is 0 Å². The number of para-hydroxylation sites is 1. The van der Waals surface area contributed by atoms with Gasteiger partial charge in [-0.05, 0) is 37.3 Å². The maximum atomic E-state index is 13.0. The second-order valence-corrected chi connectivity index (χ2v) is 5.54. The van der Waals surface area contributed by atoms with Crippen LogP contribution in [0.4, 0.5) is 10.1 Å². The fraction of sp³-hybridized carbons (Fsp3) is 0.235. The lowest BCUT2D eigenvalue weighted by Gasteiger charge is -2.27.